The molecule has 0 aliphatic carbocycles. The fourth-order valence-corrected chi connectivity index (χ4v) is 1.28. The third kappa shape index (κ3) is 2.54. The van der Waals surface area contributed by atoms with Gasteiger partial charge in [0.25, 0.3) is 0 Å². The molecule has 0 unspecified atom stereocenters. The SMILES string of the molecule is NC1=CC=CCN1NCc1cnccn1. The Labute approximate surface area is 88.3 Å². The van der Waals surface area contributed by atoms with Crippen LogP contribution in [0.1, 0.15) is 5.69 Å². The monoisotopic (exact) mass is 203 g/mol. The summed E-state index contributed by atoms with van der Waals surface area (Å²) in [5.74, 6) is 0.710. The van der Waals surface area contributed by atoms with Crippen molar-refractivity contribution in [3.8, 4) is 0 Å². The molecule has 0 saturated heterocycles. The second-order valence-electron chi connectivity index (χ2n) is 3.16. The number of nitrogens with two attached hydrogens (primary N) is 1. The molecule has 0 amide bonds. The van der Waals surface area contributed by atoms with Crippen molar-refractivity contribution in [2.45, 2.75) is 6.54 Å². The molecule has 0 radical (unpaired) electrons. The Morgan fingerprint density at radius 1 is 1.47 bits per heavy atom. The predicted octanol–water partition coefficient (Wildman–Crippen LogP) is 0.153. The van der Waals surface area contributed by atoms with E-state index in [4.69, 9.17) is 5.73 Å². The molecule has 5 nitrogen and oxygen atoms in total. The first kappa shape index (κ1) is 9.67. The zero-order valence-corrected chi connectivity index (χ0v) is 8.30. The van der Waals surface area contributed by atoms with Crippen LogP contribution >= 0.6 is 0 Å². The molecule has 0 atom stereocenters. The Morgan fingerprint density at radius 2 is 2.40 bits per heavy atom. The summed E-state index contributed by atoms with van der Waals surface area (Å²) < 4.78 is 0. The molecule has 78 valence electrons. The standard InChI is InChI=1S/C10H13N5/c11-10-3-1-2-6-15(10)14-8-9-7-12-4-5-13-9/h1-5,7,14H,6,8,11H2. The van der Waals surface area contributed by atoms with Gasteiger partial charge in [0, 0.05) is 18.6 Å². The van der Waals surface area contributed by atoms with Crippen LogP contribution < -0.4 is 11.2 Å². The third-order valence-corrected chi connectivity index (χ3v) is 2.07. The van der Waals surface area contributed by atoms with Gasteiger partial charge in [-0.3, -0.25) is 15.0 Å². The lowest BCUT2D eigenvalue weighted by Gasteiger charge is -2.25. The van der Waals surface area contributed by atoms with Gasteiger partial charge in [-0.25, -0.2) is 5.43 Å². The molecule has 0 bridgehead atoms. The Bertz CT molecular complexity index is 371. The van der Waals surface area contributed by atoms with Crippen LogP contribution in [0.15, 0.2) is 42.6 Å². The summed E-state index contributed by atoms with van der Waals surface area (Å²) >= 11 is 0. The molecule has 1 aliphatic rings. The smallest absolute Gasteiger partial charge is 0.113 e. The molecule has 0 fully saturated rings. The number of hydrogen-bond acceptors (Lipinski definition) is 5. The highest BCUT2D eigenvalue weighted by molar-refractivity contribution is 5.14. The first-order valence-electron chi connectivity index (χ1n) is 4.74. The lowest BCUT2D eigenvalue weighted by Crippen LogP contribution is -2.40. The summed E-state index contributed by atoms with van der Waals surface area (Å²) in [6.07, 6.45) is 10.9. The van der Waals surface area contributed by atoms with Gasteiger partial charge in [-0.1, -0.05) is 12.2 Å². The lowest BCUT2D eigenvalue weighted by molar-refractivity contribution is 0.259. The van der Waals surface area contributed by atoms with Crippen LogP contribution in [-0.2, 0) is 6.54 Å². The maximum atomic E-state index is 5.78. The van der Waals surface area contributed by atoms with E-state index in [2.05, 4.69) is 15.4 Å². The molecule has 0 spiro atoms. The Balaban J connectivity index is 1.89. The van der Waals surface area contributed by atoms with Crippen molar-refractivity contribution in [1.82, 2.24) is 20.4 Å². The second kappa shape index (κ2) is 4.56. The average molecular weight is 203 g/mol. The minimum atomic E-state index is 0.621. The first-order chi connectivity index (χ1) is 7.36. The molecular weight excluding hydrogens is 190 g/mol. The van der Waals surface area contributed by atoms with E-state index in [0.29, 0.717) is 12.4 Å². The van der Waals surface area contributed by atoms with Gasteiger partial charge >= 0.3 is 0 Å². The van der Waals surface area contributed by atoms with Crippen LogP contribution in [0.3, 0.4) is 0 Å². The van der Waals surface area contributed by atoms with Gasteiger partial charge in [-0.2, -0.15) is 0 Å². The maximum Gasteiger partial charge on any atom is 0.113 e. The zero-order valence-electron chi connectivity index (χ0n) is 8.30. The van der Waals surface area contributed by atoms with Crippen LogP contribution in [0, 0.1) is 0 Å². The molecule has 1 aromatic heterocycles. The normalized spacial score (nSPS) is 15.2. The van der Waals surface area contributed by atoms with E-state index in [1.807, 2.05) is 23.2 Å². The number of nitrogens with one attached hydrogen (secondary N) is 1. The van der Waals surface area contributed by atoms with Gasteiger partial charge in [-0.15, -0.1) is 0 Å². The third-order valence-electron chi connectivity index (χ3n) is 2.07. The Hall–Kier alpha value is -1.88. The molecule has 5 heteroatoms. The minimum Gasteiger partial charge on any atom is -0.384 e. The number of rotatable bonds is 3. The second-order valence-corrected chi connectivity index (χ2v) is 3.16. The number of aromatic nitrogens is 2. The number of hydrogen-bond donors (Lipinski definition) is 2. The van der Waals surface area contributed by atoms with Gasteiger partial charge in [0.05, 0.1) is 18.8 Å². The molecular formula is C10H13N5. The molecule has 1 aliphatic heterocycles. The topological polar surface area (TPSA) is 67.1 Å². The highest BCUT2D eigenvalue weighted by atomic mass is 15.5. The van der Waals surface area contributed by atoms with E-state index >= 15 is 0 Å². The van der Waals surface area contributed by atoms with Crippen molar-refractivity contribution in [2.75, 3.05) is 6.54 Å². The van der Waals surface area contributed by atoms with Gasteiger partial charge in [0.1, 0.15) is 5.82 Å². The number of allylic oxidation sites excluding steroid dienone is 2. The van der Waals surface area contributed by atoms with Crippen molar-refractivity contribution in [2.24, 2.45) is 5.73 Å². The van der Waals surface area contributed by atoms with Gasteiger partial charge in [0.2, 0.25) is 0 Å². The highest BCUT2D eigenvalue weighted by Gasteiger charge is 2.06. The van der Waals surface area contributed by atoms with E-state index in [-0.39, 0.29) is 0 Å². The van der Waals surface area contributed by atoms with Crippen LogP contribution in [0.5, 0.6) is 0 Å². The van der Waals surface area contributed by atoms with Gasteiger partial charge < -0.3 is 5.73 Å². The van der Waals surface area contributed by atoms with Gasteiger partial charge in [0.15, 0.2) is 0 Å². The maximum absolute atomic E-state index is 5.78. The molecule has 2 heterocycles. The van der Waals surface area contributed by atoms with E-state index in [1.165, 1.54) is 0 Å². The van der Waals surface area contributed by atoms with E-state index in [0.717, 1.165) is 12.2 Å². The molecule has 0 aromatic carbocycles. The summed E-state index contributed by atoms with van der Waals surface area (Å²) in [6.45, 7) is 1.39. The molecule has 0 saturated carbocycles. The van der Waals surface area contributed by atoms with E-state index < -0.39 is 0 Å². The van der Waals surface area contributed by atoms with Crippen molar-refractivity contribution in [3.63, 3.8) is 0 Å². The van der Waals surface area contributed by atoms with Crippen LogP contribution in [0.2, 0.25) is 0 Å². The first-order valence-corrected chi connectivity index (χ1v) is 4.74. The molecule has 3 N–H and O–H groups in total. The summed E-state index contributed by atoms with van der Waals surface area (Å²) in [4.78, 5) is 8.14. The molecule has 1 aromatic rings. The number of hydrazine groups is 1. The van der Waals surface area contributed by atoms with Crippen molar-refractivity contribution in [1.29, 1.82) is 0 Å². The lowest BCUT2D eigenvalue weighted by atomic mass is 10.3. The van der Waals surface area contributed by atoms with E-state index in [9.17, 15) is 0 Å². The number of nitrogens with zero attached hydrogens (tertiary/aromatic N) is 3. The minimum absolute atomic E-state index is 0.621. The Morgan fingerprint density at radius 3 is 3.13 bits per heavy atom. The van der Waals surface area contributed by atoms with Crippen LogP contribution in [0.25, 0.3) is 0 Å². The highest BCUT2D eigenvalue weighted by Crippen LogP contribution is 2.01. The summed E-state index contributed by atoms with van der Waals surface area (Å²) in [5, 5.41) is 1.87. The van der Waals surface area contributed by atoms with E-state index in [1.54, 1.807) is 18.6 Å². The fourth-order valence-electron chi connectivity index (χ4n) is 1.28. The molecule has 15 heavy (non-hydrogen) atoms. The largest absolute Gasteiger partial charge is 0.384 e. The van der Waals surface area contributed by atoms with Gasteiger partial charge in [-0.05, 0) is 6.08 Å². The summed E-state index contributed by atoms with van der Waals surface area (Å²) in [6, 6.07) is 0. The Kier molecular flexibility index (Phi) is 2.94. The van der Waals surface area contributed by atoms with Crippen molar-refractivity contribution < 1.29 is 0 Å². The predicted molar refractivity (Wildman–Crippen MR) is 57.0 cm³/mol. The zero-order chi connectivity index (χ0) is 10.5. The molecule has 2 rings (SSSR count). The summed E-state index contributed by atoms with van der Waals surface area (Å²) in [7, 11) is 0. The summed E-state index contributed by atoms with van der Waals surface area (Å²) in [5.41, 5.74) is 9.84. The van der Waals surface area contributed by atoms with Crippen molar-refractivity contribution in [3.05, 3.63) is 48.3 Å². The quantitative estimate of drug-likeness (QED) is 0.732. The van der Waals surface area contributed by atoms with Crippen molar-refractivity contribution >= 4 is 0 Å². The van der Waals surface area contributed by atoms with Crippen LogP contribution in [-0.4, -0.2) is 21.5 Å². The van der Waals surface area contributed by atoms with Crippen LogP contribution in [0.4, 0.5) is 0 Å². The average Bonchev–Trinajstić information content (AvgIpc) is 2.29. The fraction of sp³-hybridized carbons (Fsp3) is 0.200.